The van der Waals surface area contributed by atoms with Gasteiger partial charge in [0.25, 0.3) is 0 Å². The van der Waals surface area contributed by atoms with Crippen molar-refractivity contribution in [2.75, 3.05) is 0 Å². The van der Waals surface area contributed by atoms with Crippen molar-refractivity contribution < 1.29 is 4.39 Å². The molecule has 0 radical (unpaired) electrons. The van der Waals surface area contributed by atoms with Gasteiger partial charge in [0.2, 0.25) is 0 Å². The van der Waals surface area contributed by atoms with Gasteiger partial charge >= 0.3 is 0 Å². The predicted molar refractivity (Wildman–Crippen MR) is 74.5 cm³/mol. The highest BCUT2D eigenvalue weighted by molar-refractivity contribution is 5.26. The van der Waals surface area contributed by atoms with Gasteiger partial charge in [-0.1, -0.05) is 45.2 Å². The van der Waals surface area contributed by atoms with Crippen molar-refractivity contribution in [3.8, 4) is 0 Å². The third-order valence-corrected chi connectivity index (χ3v) is 3.66. The van der Waals surface area contributed by atoms with Crippen LogP contribution in [0.2, 0.25) is 0 Å². The van der Waals surface area contributed by atoms with E-state index in [1.807, 2.05) is 12.1 Å². The Morgan fingerprint density at radius 3 is 2.56 bits per heavy atom. The molecule has 2 unspecified atom stereocenters. The first-order chi connectivity index (χ1) is 8.63. The molecule has 3 N–H and O–H groups in total. The fourth-order valence-electron chi connectivity index (χ4n) is 2.38. The van der Waals surface area contributed by atoms with Gasteiger partial charge in [0.15, 0.2) is 0 Å². The molecule has 0 heterocycles. The van der Waals surface area contributed by atoms with Crippen LogP contribution in [0, 0.1) is 18.7 Å². The summed E-state index contributed by atoms with van der Waals surface area (Å²) in [6.45, 7) is 6.12. The van der Waals surface area contributed by atoms with E-state index in [-0.39, 0.29) is 11.9 Å². The van der Waals surface area contributed by atoms with Crippen LogP contribution in [0.25, 0.3) is 0 Å². The summed E-state index contributed by atoms with van der Waals surface area (Å²) < 4.78 is 13.6. The van der Waals surface area contributed by atoms with E-state index < -0.39 is 0 Å². The van der Waals surface area contributed by atoms with Crippen LogP contribution in [0.5, 0.6) is 0 Å². The molecule has 1 rings (SSSR count). The monoisotopic (exact) mass is 252 g/mol. The lowest BCUT2D eigenvalue weighted by Gasteiger charge is -2.26. The molecule has 2 atom stereocenters. The number of unbranched alkanes of at least 4 members (excludes halogenated alkanes) is 1. The lowest BCUT2D eigenvalue weighted by atomic mass is 9.87. The van der Waals surface area contributed by atoms with Gasteiger partial charge in [-0.3, -0.25) is 11.3 Å². The summed E-state index contributed by atoms with van der Waals surface area (Å²) in [6.07, 6.45) is 4.53. The average molecular weight is 252 g/mol. The van der Waals surface area contributed by atoms with Crippen LogP contribution >= 0.6 is 0 Å². The summed E-state index contributed by atoms with van der Waals surface area (Å²) in [7, 11) is 0. The molecule has 0 bridgehead atoms. The second-order valence-electron chi connectivity index (χ2n) is 4.96. The summed E-state index contributed by atoms with van der Waals surface area (Å²) in [4.78, 5) is 0. The molecule has 1 aromatic rings. The summed E-state index contributed by atoms with van der Waals surface area (Å²) in [5.41, 5.74) is 4.48. The van der Waals surface area contributed by atoms with Crippen LogP contribution in [0.15, 0.2) is 18.2 Å². The fourth-order valence-corrected chi connectivity index (χ4v) is 2.38. The first-order valence-electron chi connectivity index (χ1n) is 6.86. The Hall–Kier alpha value is -0.930. The van der Waals surface area contributed by atoms with Crippen LogP contribution in [0.3, 0.4) is 0 Å². The van der Waals surface area contributed by atoms with E-state index in [1.54, 1.807) is 13.0 Å². The average Bonchev–Trinajstić information content (AvgIpc) is 2.38. The largest absolute Gasteiger partial charge is 0.271 e. The van der Waals surface area contributed by atoms with Crippen molar-refractivity contribution in [2.45, 2.75) is 52.5 Å². The zero-order valence-corrected chi connectivity index (χ0v) is 11.7. The minimum atomic E-state index is -0.155. The standard InChI is InChI=1S/C15H25FN2/c1-4-6-7-12(5-2)15(18-17)13-9-8-11(3)14(16)10-13/h8-10,12,15,18H,4-7,17H2,1-3H3. The lowest BCUT2D eigenvalue weighted by molar-refractivity contribution is 0.326. The number of aryl methyl sites for hydroxylation is 1. The Morgan fingerprint density at radius 2 is 2.06 bits per heavy atom. The molecule has 0 aliphatic rings. The van der Waals surface area contributed by atoms with Gasteiger partial charge in [-0.15, -0.1) is 0 Å². The van der Waals surface area contributed by atoms with Crippen LogP contribution in [-0.4, -0.2) is 0 Å². The number of nitrogens with one attached hydrogen (secondary N) is 1. The third-order valence-electron chi connectivity index (χ3n) is 3.66. The van der Waals surface area contributed by atoms with Crippen LogP contribution in [0.1, 0.15) is 56.7 Å². The Morgan fingerprint density at radius 1 is 1.33 bits per heavy atom. The van der Waals surface area contributed by atoms with E-state index >= 15 is 0 Å². The highest BCUT2D eigenvalue weighted by atomic mass is 19.1. The molecule has 3 heteroatoms. The molecule has 0 aromatic heterocycles. The molecule has 18 heavy (non-hydrogen) atoms. The molecule has 2 nitrogen and oxygen atoms in total. The number of benzene rings is 1. The molecule has 0 aliphatic carbocycles. The summed E-state index contributed by atoms with van der Waals surface area (Å²) >= 11 is 0. The van der Waals surface area contributed by atoms with Crippen LogP contribution in [0.4, 0.5) is 4.39 Å². The summed E-state index contributed by atoms with van der Waals surface area (Å²) in [5.74, 6) is 5.97. The normalized spacial score (nSPS) is 14.5. The van der Waals surface area contributed by atoms with Gasteiger partial charge in [-0.25, -0.2) is 4.39 Å². The second kappa shape index (κ2) is 7.49. The fraction of sp³-hybridized carbons (Fsp3) is 0.600. The Bertz CT molecular complexity index is 366. The van der Waals surface area contributed by atoms with Crippen molar-refractivity contribution in [2.24, 2.45) is 11.8 Å². The molecule has 0 fully saturated rings. The number of hydrazine groups is 1. The van der Waals surface area contributed by atoms with Crippen molar-refractivity contribution in [3.05, 3.63) is 35.1 Å². The van der Waals surface area contributed by atoms with Crippen molar-refractivity contribution >= 4 is 0 Å². The number of hydrogen-bond acceptors (Lipinski definition) is 2. The molecule has 0 spiro atoms. The number of hydrogen-bond donors (Lipinski definition) is 2. The SMILES string of the molecule is CCCCC(CC)C(NN)c1ccc(C)c(F)c1. The second-order valence-corrected chi connectivity index (χ2v) is 4.96. The number of rotatable bonds is 7. The minimum absolute atomic E-state index is 0.0386. The molecule has 0 saturated carbocycles. The molecular formula is C15H25FN2. The Balaban J connectivity index is 2.88. The smallest absolute Gasteiger partial charge is 0.126 e. The van der Waals surface area contributed by atoms with Crippen LogP contribution in [-0.2, 0) is 0 Å². The van der Waals surface area contributed by atoms with Gasteiger partial charge in [-0.05, 0) is 36.5 Å². The van der Waals surface area contributed by atoms with E-state index in [2.05, 4.69) is 19.3 Å². The highest BCUT2D eigenvalue weighted by Crippen LogP contribution is 2.29. The van der Waals surface area contributed by atoms with E-state index in [4.69, 9.17) is 5.84 Å². The molecular weight excluding hydrogens is 227 g/mol. The van der Waals surface area contributed by atoms with Gasteiger partial charge in [0.1, 0.15) is 5.82 Å². The first-order valence-corrected chi connectivity index (χ1v) is 6.86. The topological polar surface area (TPSA) is 38.0 Å². The number of nitrogens with two attached hydrogens (primary N) is 1. The Kier molecular flexibility index (Phi) is 6.30. The van der Waals surface area contributed by atoms with E-state index in [9.17, 15) is 4.39 Å². The third kappa shape index (κ3) is 3.79. The maximum atomic E-state index is 13.6. The van der Waals surface area contributed by atoms with Gasteiger partial charge < -0.3 is 0 Å². The maximum absolute atomic E-state index is 13.6. The first kappa shape index (κ1) is 15.1. The molecule has 102 valence electrons. The zero-order chi connectivity index (χ0) is 13.5. The highest BCUT2D eigenvalue weighted by Gasteiger charge is 2.20. The molecule has 0 saturated heterocycles. The summed E-state index contributed by atoms with van der Waals surface area (Å²) in [5, 5.41) is 0. The van der Waals surface area contributed by atoms with Crippen molar-refractivity contribution in [1.82, 2.24) is 5.43 Å². The lowest BCUT2D eigenvalue weighted by Crippen LogP contribution is -2.33. The van der Waals surface area contributed by atoms with E-state index in [0.29, 0.717) is 11.5 Å². The molecule has 0 amide bonds. The number of halogens is 1. The molecule has 0 aliphatic heterocycles. The predicted octanol–water partition coefficient (Wildman–Crippen LogP) is 3.85. The van der Waals surface area contributed by atoms with Crippen molar-refractivity contribution in [1.29, 1.82) is 0 Å². The summed E-state index contributed by atoms with van der Waals surface area (Å²) in [6, 6.07) is 5.43. The van der Waals surface area contributed by atoms with E-state index in [0.717, 1.165) is 18.4 Å². The van der Waals surface area contributed by atoms with E-state index in [1.165, 1.54) is 12.8 Å². The zero-order valence-electron chi connectivity index (χ0n) is 11.7. The van der Waals surface area contributed by atoms with Gasteiger partial charge in [0, 0.05) is 6.04 Å². The Labute approximate surface area is 110 Å². The quantitative estimate of drug-likeness (QED) is 0.571. The van der Waals surface area contributed by atoms with Crippen molar-refractivity contribution in [3.63, 3.8) is 0 Å². The minimum Gasteiger partial charge on any atom is -0.271 e. The van der Waals surface area contributed by atoms with Gasteiger partial charge in [-0.2, -0.15) is 0 Å². The maximum Gasteiger partial charge on any atom is 0.126 e. The van der Waals surface area contributed by atoms with Gasteiger partial charge in [0.05, 0.1) is 0 Å². The van der Waals surface area contributed by atoms with Crippen LogP contribution < -0.4 is 11.3 Å². The molecule has 1 aromatic carbocycles.